The molecule has 1 rings (SSSR count). The number of carbonyl (C=O) groups is 1. The molecule has 1 heterocycles. The van der Waals surface area contributed by atoms with Gasteiger partial charge in [-0.05, 0) is 39.3 Å². The maximum Gasteiger partial charge on any atom is 0.305 e. The van der Waals surface area contributed by atoms with Crippen LogP contribution in [0, 0.1) is 0 Å². The molecule has 5 nitrogen and oxygen atoms in total. The Hall–Kier alpha value is -0.650. The molecule has 2 N–H and O–H groups in total. The standard InChI is InChI=1S/C14H28N2O3/c1-3-19-14(17)7-5-4-6-9-16-10-8-12(15)13(11-16)18-2/h12-13H,3-11,15H2,1-2H3/t12-,13+/m1/s1. The van der Waals surface area contributed by atoms with Crippen molar-refractivity contribution < 1.29 is 14.3 Å². The minimum absolute atomic E-state index is 0.0779. The molecule has 2 atom stereocenters. The van der Waals surface area contributed by atoms with Crippen LogP contribution in [0.3, 0.4) is 0 Å². The van der Waals surface area contributed by atoms with Gasteiger partial charge in [-0.15, -0.1) is 0 Å². The van der Waals surface area contributed by atoms with E-state index in [0.29, 0.717) is 13.0 Å². The van der Waals surface area contributed by atoms with Gasteiger partial charge in [0.25, 0.3) is 0 Å². The highest BCUT2D eigenvalue weighted by Crippen LogP contribution is 2.13. The number of ether oxygens (including phenoxy) is 2. The summed E-state index contributed by atoms with van der Waals surface area (Å²) in [6.45, 7) is 5.36. The second-order valence-corrected chi connectivity index (χ2v) is 5.14. The number of nitrogens with zero attached hydrogens (tertiary/aromatic N) is 1. The Labute approximate surface area is 116 Å². The van der Waals surface area contributed by atoms with Crippen molar-refractivity contribution in [3.8, 4) is 0 Å². The molecule has 0 aromatic carbocycles. The Bertz CT molecular complexity index is 261. The first-order valence-corrected chi connectivity index (χ1v) is 7.33. The number of carbonyl (C=O) groups excluding carboxylic acids is 1. The van der Waals surface area contributed by atoms with Gasteiger partial charge in [-0.3, -0.25) is 4.79 Å². The van der Waals surface area contributed by atoms with Crippen molar-refractivity contribution in [1.82, 2.24) is 4.90 Å². The van der Waals surface area contributed by atoms with Crippen molar-refractivity contribution in [3.63, 3.8) is 0 Å². The summed E-state index contributed by atoms with van der Waals surface area (Å²) in [5, 5.41) is 0. The fourth-order valence-electron chi connectivity index (χ4n) is 2.47. The van der Waals surface area contributed by atoms with E-state index in [1.54, 1.807) is 7.11 Å². The van der Waals surface area contributed by atoms with Crippen molar-refractivity contribution in [1.29, 1.82) is 0 Å². The summed E-state index contributed by atoms with van der Waals surface area (Å²) in [6, 6.07) is 0.171. The number of hydrogen-bond acceptors (Lipinski definition) is 5. The Morgan fingerprint density at radius 3 is 2.84 bits per heavy atom. The van der Waals surface area contributed by atoms with Crippen LogP contribution in [0.2, 0.25) is 0 Å². The average molecular weight is 272 g/mol. The fraction of sp³-hybridized carbons (Fsp3) is 0.929. The number of nitrogens with two attached hydrogens (primary N) is 1. The molecule has 1 aliphatic rings. The van der Waals surface area contributed by atoms with Crippen LogP contribution < -0.4 is 5.73 Å². The van der Waals surface area contributed by atoms with Gasteiger partial charge in [0.05, 0.1) is 12.7 Å². The predicted molar refractivity (Wildman–Crippen MR) is 74.9 cm³/mol. The third kappa shape index (κ3) is 6.36. The zero-order valence-electron chi connectivity index (χ0n) is 12.3. The summed E-state index contributed by atoms with van der Waals surface area (Å²) in [5.41, 5.74) is 5.99. The van der Waals surface area contributed by atoms with Crippen molar-refractivity contribution in [2.24, 2.45) is 5.73 Å². The molecule has 5 heteroatoms. The van der Waals surface area contributed by atoms with Gasteiger partial charge in [0, 0.05) is 26.1 Å². The maximum atomic E-state index is 11.2. The van der Waals surface area contributed by atoms with E-state index in [0.717, 1.165) is 45.3 Å². The van der Waals surface area contributed by atoms with E-state index in [1.807, 2.05) is 6.92 Å². The molecule has 1 fully saturated rings. The summed E-state index contributed by atoms with van der Waals surface area (Å²) in [6.07, 6.45) is 4.80. The van der Waals surface area contributed by atoms with Crippen LogP contribution in [-0.2, 0) is 14.3 Å². The van der Waals surface area contributed by atoms with Gasteiger partial charge in [0.15, 0.2) is 0 Å². The summed E-state index contributed by atoms with van der Waals surface area (Å²) in [7, 11) is 1.73. The van der Waals surface area contributed by atoms with E-state index in [1.165, 1.54) is 0 Å². The highest BCUT2D eigenvalue weighted by atomic mass is 16.5. The summed E-state index contributed by atoms with van der Waals surface area (Å²) in [5.74, 6) is -0.0779. The molecular formula is C14H28N2O3. The Morgan fingerprint density at radius 1 is 1.37 bits per heavy atom. The lowest BCUT2D eigenvalue weighted by molar-refractivity contribution is -0.143. The van der Waals surface area contributed by atoms with Gasteiger partial charge in [0.1, 0.15) is 0 Å². The third-order valence-electron chi connectivity index (χ3n) is 3.66. The molecule has 0 radical (unpaired) electrons. The normalized spacial score (nSPS) is 24.4. The van der Waals surface area contributed by atoms with E-state index in [-0.39, 0.29) is 18.1 Å². The van der Waals surface area contributed by atoms with E-state index in [9.17, 15) is 4.79 Å². The monoisotopic (exact) mass is 272 g/mol. The smallest absolute Gasteiger partial charge is 0.305 e. The van der Waals surface area contributed by atoms with Gasteiger partial charge in [-0.1, -0.05) is 6.42 Å². The fourth-order valence-corrected chi connectivity index (χ4v) is 2.47. The Morgan fingerprint density at radius 2 is 2.16 bits per heavy atom. The largest absolute Gasteiger partial charge is 0.466 e. The van der Waals surface area contributed by atoms with Gasteiger partial charge in [0.2, 0.25) is 0 Å². The van der Waals surface area contributed by atoms with E-state index >= 15 is 0 Å². The van der Waals surface area contributed by atoms with Crippen LogP contribution in [0.15, 0.2) is 0 Å². The molecule has 112 valence electrons. The molecule has 0 spiro atoms. The van der Waals surface area contributed by atoms with E-state index < -0.39 is 0 Å². The average Bonchev–Trinajstić information content (AvgIpc) is 2.40. The van der Waals surface area contributed by atoms with Crippen molar-refractivity contribution in [2.75, 3.05) is 33.4 Å². The maximum absolute atomic E-state index is 11.2. The van der Waals surface area contributed by atoms with Crippen molar-refractivity contribution >= 4 is 5.97 Å². The quantitative estimate of drug-likeness (QED) is 0.530. The molecule has 0 amide bonds. The van der Waals surface area contributed by atoms with Crippen LogP contribution in [-0.4, -0.2) is 56.4 Å². The number of esters is 1. The Kier molecular flexibility index (Phi) is 8.02. The highest BCUT2D eigenvalue weighted by molar-refractivity contribution is 5.69. The topological polar surface area (TPSA) is 64.8 Å². The molecule has 0 saturated carbocycles. The number of methoxy groups -OCH3 is 1. The first-order valence-electron chi connectivity index (χ1n) is 7.33. The minimum Gasteiger partial charge on any atom is -0.466 e. The van der Waals surface area contributed by atoms with E-state index in [2.05, 4.69) is 4.90 Å². The molecular weight excluding hydrogens is 244 g/mol. The lowest BCUT2D eigenvalue weighted by atomic mass is 10.0. The van der Waals surface area contributed by atoms with E-state index in [4.69, 9.17) is 15.2 Å². The molecule has 0 unspecified atom stereocenters. The van der Waals surface area contributed by atoms with Crippen molar-refractivity contribution in [3.05, 3.63) is 0 Å². The first kappa shape index (κ1) is 16.4. The zero-order valence-corrected chi connectivity index (χ0v) is 12.3. The van der Waals surface area contributed by atoms with Gasteiger partial charge in [-0.25, -0.2) is 0 Å². The number of likely N-dealkylation sites (tertiary alicyclic amines) is 1. The first-order chi connectivity index (χ1) is 9.17. The number of rotatable bonds is 8. The summed E-state index contributed by atoms with van der Waals surface area (Å²) in [4.78, 5) is 13.6. The zero-order chi connectivity index (χ0) is 14.1. The van der Waals surface area contributed by atoms with Crippen LogP contribution in [0.5, 0.6) is 0 Å². The molecule has 19 heavy (non-hydrogen) atoms. The number of hydrogen-bond donors (Lipinski definition) is 1. The molecule has 1 saturated heterocycles. The van der Waals surface area contributed by atoms with Crippen LogP contribution >= 0.6 is 0 Å². The number of piperidine rings is 1. The predicted octanol–water partition coefficient (Wildman–Crippen LogP) is 1.16. The molecule has 0 aliphatic carbocycles. The minimum atomic E-state index is -0.0779. The van der Waals surface area contributed by atoms with Crippen LogP contribution in [0.1, 0.15) is 39.0 Å². The Balaban J connectivity index is 2.05. The SMILES string of the molecule is CCOC(=O)CCCCCN1CC[C@@H](N)[C@@H](OC)C1. The molecule has 0 aromatic heterocycles. The van der Waals surface area contributed by atoms with Gasteiger partial charge in [-0.2, -0.15) is 0 Å². The van der Waals surface area contributed by atoms with Gasteiger partial charge < -0.3 is 20.1 Å². The van der Waals surface area contributed by atoms with Gasteiger partial charge >= 0.3 is 5.97 Å². The molecule has 0 aromatic rings. The van der Waals surface area contributed by atoms with Crippen molar-refractivity contribution in [2.45, 2.75) is 51.2 Å². The van der Waals surface area contributed by atoms with Crippen LogP contribution in [0.4, 0.5) is 0 Å². The summed E-state index contributed by atoms with van der Waals surface area (Å²) >= 11 is 0. The third-order valence-corrected chi connectivity index (χ3v) is 3.66. The molecule has 1 aliphatic heterocycles. The second-order valence-electron chi connectivity index (χ2n) is 5.14. The lowest BCUT2D eigenvalue weighted by Crippen LogP contribution is -2.51. The second kappa shape index (κ2) is 9.28. The summed E-state index contributed by atoms with van der Waals surface area (Å²) < 4.78 is 10.3. The highest BCUT2D eigenvalue weighted by Gasteiger charge is 2.25. The van der Waals surface area contributed by atoms with Crippen LogP contribution in [0.25, 0.3) is 0 Å². The lowest BCUT2D eigenvalue weighted by Gasteiger charge is -2.35. The molecule has 0 bridgehead atoms. The number of unbranched alkanes of at least 4 members (excludes halogenated alkanes) is 2.